The Labute approximate surface area is 155 Å². The Morgan fingerprint density at radius 2 is 1.84 bits per heavy atom. The first-order valence-electron chi connectivity index (χ1n) is 10.3. The van der Waals surface area contributed by atoms with Gasteiger partial charge in [0.2, 0.25) is 0 Å². The van der Waals surface area contributed by atoms with Crippen LogP contribution in [0.5, 0.6) is 0 Å². The van der Waals surface area contributed by atoms with Crippen molar-refractivity contribution in [2.75, 3.05) is 19.6 Å². The molecule has 2 fully saturated rings. The fraction of sp³-hybridized carbons (Fsp3) is 0.952. The molecule has 1 aliphatic heterocycles. The lowest BCUT2D eigenvalue weighted by atomic mass is 9.73. The average molecular weight is 353 g/mol. The monoisotopic (exact) mass is 352 g/mol. The number of rotatable bonds is 4. The quantitative estimate of drug-likeness (QED) is 0.776. The van der Waals surface area contributed by atoms with Gasteiger partial charge >= 0.3 is 6.09 Å². The molecule has 0 aromatic carbocycles. The second-order valence-corrected chi connectivity index (χ2v) is 10.2. The van der Waals surface area contributed by atoms with Gasteiger partial charge in [-0.1, -0.05) is 27.2 Å². The van der Waals surface area contributed by atoms with Gasteiger partial charge in [-0.3, -0.25) is 0 Å². The summed E-state index contributed by atoms with van der Waals surface area (Å²) in [5.41, 5.74) is 0.404. The summed E-state index contributed by atoms with van der Waals surface area (Å²) < 4.78 is 5.53. The van der Waals surface area contributed by atoms with Crippen LogP contribution in [0.25, 0.3) is 0 Å². The highest BCUT2D eigenvalue weighted by atomic mass is 16.6. The molecule has 146 valence electrons. The summed E-state index contributed by atoms with van der Waals surface area (Å²) in [6.45, 7) is 15.6. The number of nitrogens with zero attached hydrogens (tertiary/aromatic N) is 1. The number of carbonyl (C=O) groups is 1. The van der Waals surface area contributed by atoms with Crippen LogP contribution in [0.1, 0.15) is 86.5 Å². The van der Waals surface area contributed by atoms with Crippen molar-refractivity contribution in [1.82, 2.24) is 10.2 Å². The highest BCUT2D eigenvalue weighted by Crippen LogP contribution is 2.38. The van der Waals surface area contributed by atoms with Crippen molar-refractivity contribution in [1.29, 1.82) is 0 Å². The molecule has 4 nitrogen and oxygen atoms in total. The number of ether oxygens (including phenoxy) is 1. The van der Waals surface area contributed by atoms with Crippen LogP contribution in [0, 0.1) is 10.8 Å². The van der Waals surface area contributed by atoms with E-state index in [9.17, 15) is 4.79 Å². The predicted octanol–water partition coefficient (Wildman–Crippen LogP) is 4.97. The first-order valence-corrected chi connectivity index (χ1v) is 10.3. The maximum absolute atomic E-state index is 12.3. The zero-order chi connectivity index (χ0) is 18.7. The molecule has 1 saturated carbocycles. The number of amides is 1. The SMILES string of the molecule is CCC1(CNC2CCCC(C)(C)C2)CCN(C(=O)OC(C)(C)C)CC1. The van der Waals surface area contributed by atoms with E-state index in [0.717, 1.165) is 32.5 Å². The van der Waals surface area contributed by atoms with E-state index < -0.39 is 5.60 Å². The zero-order valence-corrected chi connectivity index (χ0v) is 17.4. The Morgan fingerprint density at radius 1 is 1.20 bits per heavy atom. The van der Waals surface area contributed by atoms with Crippen LogP contribution < -0.4 is 5.32 Å². The summed E-state index contributed by atoms with van der Waals surface area (Å²) in [6, 6.07) is 0.663. The number of nitrogens with one attached hydrogen (secondary N) is 1. The number of hydrogen-bond donors (Lipinski definition) is 1. The minimum atomic E-state index is -0.411. The number of carbonyl (C=O) groups excluding carboxylic acids is 1. The molecule has 1 atom stereocenters. The molecule has 0 aromatic rings. The van der Waals surface area contributed by atoms with E-state index in [1.165, 1.54) is 32.1 Å². The van der Waals surface area contributed by atoms with Crippen LogP contribution in [0.4, 0.5) is 4.79 Å². The molecule has 0 bridgehead atoms. The van der Waals surface area contributed by atoms with Gasteiger partial charge in [0.15, 0.2) is 0 Å². The third-order valence-corrected chi connectivity index (χ3v) is 6.20. The molecule has 0 aromatic heterocycles. The smallest absolute Gasteiger partial charge is 0.410 e. The summed E-state index contributed by atoms with van der Waals surface area (Å²) in [5.74, 6) is 0. The van der Waals surface area contributed by atoms with E-state index in [2.05, 4.69) is 26.1 Å². The van der Waals surface area contributed by atoms with Crippen LogP contribution in [-0.2, 0) is 4.74 Å². The van der Waals surface area contributed by atoms with E-state index in [0.29, 0.717) is 16.9 Å². The maximum Gasteiger partial charge on any atom is 0.410 e. The minimum Gasteiger partial charge on any atom is -0.444 e. The van der Waals surface area contributed by atoms with Crippen molar-refractivity contribution in [3.05, 3.63) is 0 Å². The summed E-state index contributed by atoms with van der Waals surface area (Å²) in [6.07, 6.45) is 8.48. The van der Waals surface area contributed by atoms with Gasteiger partial charge in [0.1, 0.15) is 5.60 Å². The lowest BCUT2D eigenvalue weighted by Crippen LogP contribution is -2.50. The second kappa shape index (κ2) is 7.85. The molecule has 2 aliphatic rings. The van der Waals surface area contributed by atoms with Crippen LogP contribution >= 0.6 is 0 Å². The minimum absolute atomic E-state index is 0.154. The van der Waals surface area contributed by atoms with Crippen molar-refractivity contribution in [2.24, 2.45) is 10.8 Å². The van der Waals surface area contributed by atoms with Gasteiger partial charge in [-0.2, -0.15) is 0 Å². The summed E-state index contributed by atoms with van der Waals surface area (Å²) in [4.78, 5) is 14.2. The van der Waals surface area contributed by atoms with E-state index in [4.69, 9.17) is 4.74 Å². The molecule has 4 heteroatoms. The topological polar surface area (TPSA) is 41.6 Å². The molecule has 1 N–H and O–H groups in total. The molecule has 1 unspecified atom stereocenters. The Kier molecular flexibility index (Phi) is 6.45. The Bertz CT molecular complexity index is 445. The van der Waals surface area contributed by atoms with E-state index >= 15 is 0 Å². The fourth-order valence-corrected chi connectivity index (χ4v) is 4.38. The van der Waals surface area contributed by atoms with Crippen LogP contribution in [-0.4, -0.2) is 42.3 Å². The molecule has 1 amide bonds. The third kappa shape index (κ3) is 6.16. The average Bonchev–Trinajstić information content (AvgIpc) is 2.51. The van der Waals surface area contributed by atoms with Crippen molar-refractivity contribution in [2.45, 2.75) is 98.1 Å². The molecular weight excluding hydrogens is 312 g/mol. The molecular formula is C21H40N2O2. The van der Waals surface area contributed by atoms with E-state index in [1.807, 2.05) is 25.7 Å². The van der Waals surface area contributed by atoms with Crippen LogP contribution in [0.2, 0.25) is 0 Å². The molecule has 25 heavy (non-hydrogen) atoms. The van der Waals surface area contributed by atoms with Crippen molar-refractivity contribution < 1.29 is 9.53 Å². The van der Waals surface area contributed by atoms with Gasteiger partial charge < -0.3 is 15.0 Å². The first kappa shape index (κ1) is 20.5. The number of piperidine rings is 1. The Morgan fingerprint density at radius 3 is 2.36 bits per heavy atom. The molecule has 1 saturated heterocycles. The van der Waals surface area contributed by atoms with Crippen molar-refractivity contribution in [3.63, 3.8) is 0 Å². The number of likely N-dealkylation sites (tertiary alicyclic amines) is 1. The van der Waals surface area contributed by atoms with Gasteiger partial charge in [-0.05, 0) is 70.1 Å². The normalized spacial score (nSPS) is 26.3. The molecule has 2 rings (SSSR count). The molecule has 1 aliphatic carbocycles. The van der Waals surface area contributed by atoms with Gasteiger partial charge in [0, 0.05) is 25.7 Å². The number of hydrogen-bond acceptors (Lipinski definition) is 3. The summed E-state index contributed by atoms with van der Waals surface area (Å²) in [5, 5.41) is 3.89. The van der Waals surface area contributed by atoms with E-state index in [-0.39, 0.29) is 6.09 Å². The molecule has 0 radical (unpaired) electrons. The fourth-order valence-electron chi connectivity index (χ4n) is 4.38. The summed E-state index contributed by atoms with van der Waals surface area (Å²) in [7, 11) is 0. The standard InChI is InChI=1S/C21H40N2O2/c1-7-21(16-22-17-9-8-10-20(5,6)15-17)11-13-23(14-12-21)18(24)25-19(2,3)4/h17,22H,7-16H2,1-6H3. The predicted molar refractivity (Wildman–Crippen MR) is 104 cm³/mol. The largest absolute Gasteiger partial charge is 0.444 e. The summed E-state index contributed by atoms with van der Waals surface area (Å²) >= 11 is 0. The van der Waals surface area contributed by atoms with Gasteiger partial charge in [0.05, 0.1) is 0 Å². The van der Waals surface area contributed by atoms with Crippen molar-refractivity contribution in [3.8, 4) is 0 Å². The third-order valence-electron chi connectivity index (χ3n) is 6.20. The van der Waals surface area contributed by atoms with Gasteiger partial charge in [-0.25, -0.2) is 4.79 Å². The van der Waals surface area contributed by atoms with Gasteiger partial charge in [0.25, 0.3) is 0 Å². The molecule has 0 spiro atoms. The Balaban J connectivity index is 1.83. The van der Waals surface area contributed by atoms with Crippen LogP contribution in [0.3, 0.4) is 0 Å². The highest BCUT2D eigenvalue weighted by molar-refractivity contribution is 5.68. The second-order valence-electron chi connectivity index (χ2n) is 10.2. The van der Waals surface area contributed by atoms with Gasteiger partial charge in [-0.15, -0.1) is 0 Å². The lowest BCUT2D eigenvalue weighted by Gasteiger charge is -2.43. The van der Waals surface area contributed by atoms with Crippen LogP contribution in [0.15, 0.2) is 0 Å². The lowest BCUT2D eigenvalue weighted by molar-refractivity contribution is 0.00867. The highest BCUT2D eigenvalue weighted by Gasteiger charge is 2.37. The maximum atomic E-state index is 12.3. The Hall–Kier alpha value is -0.770. The first-order chi connectivity index (χ1) is 11.5. The zero-order valence-electron chi connectivity index (χ0n) is 17.4. The molecule has 1 heterocycles. The van der Waals surface area contributed by atoms with Crippen molar-refractivity contribution >= 4 is 6.09 Å². The van der Waals surface area contributed by atoms with E-state index in [1.54, 1.807) is 0 Å².